The predicted octanol–water partition coefficient (Wildman–Crippen LogP) is 3.89. The SMILES string of the molecule is COc1ccc(C(C)NC(=O)C2COc3ccccc3C2)cc1Br. The molecule has 24 heavy (non-hydrogen) atoms. The number of hydrogen-bond acceptors (Lipinski definition) is 3. The topological polar surface area (TPSA) is 47.6 Å². The highest BCUT2D eigenvalue weighted by Crippen LogP contribution is 2.29. The summed E-state index contributed by atoms with van der Waals surface area (Å²) in [5.41, 5.74) is 2.11. The van der Waals surface area contributed by atoms with Crippen molar-refractivity contribution in [2.75, 3.05) is 13.7 Å². The summed E-state index contributed by atoms with van der Waals surface area (Å²) in [6, 6.07) is 13.6. The predicted molar refractivity (Wildman–Crippen MR) is 96.4 cm³/mol. The minimum atomic E-state index is -0.163. The van der Waals surface area contributed by atoms with Gasteiger partial charge in [0.15, 0.2) is 0 Å². The molecule has 0 spiro atoms. The van der Waals surface area contributed by atoms with Crippen molar-refractivity contribution < 1.29 is 14.3 Å². The van der Waals surface area contributed by atoms with Crippen LogP contribution < -0.4 is 14.8 Å². The summed E-state index contributed by atoms with van der Waals surface area (Å²) in [6.07, 6.45) is 0.709. The minimum Gasteiger partial charge on any atom is -0.496 e. The molecule has 1 heterocycles. The Balaban J connectivity index is 1.65. The minimum absolute atomic E-state index is 0.0175. The maximum Gasteiger partial charge on any atom is 0.227 e. The van der Waals surface area contributed by atoms with Crippen LogP contribution in [-0.4, -0.2) is 19.6 Å². The van der Waals surface area contributed by atoms with E-state index in [9.17, 15) is 4.79 Å². The van der Waals surface area contributed by atoms with Gasteiger partial charge in [0.2, 0.25) is 5.91 Å². The lowest BCUT2D eigenvalue weighted by molar-refractivity contribution is -0.126. The van der Waals surface area contributed by atoms with Crippen molar-refractivity contribution >= 4 is 21.8 Å². The normalized spacial score (nSPS) is 17.4. The van der Waals surface area contributed by atoms with Crippen LogP contribution in [0.4, 0.5) is 0 Å². The highest BCUT2D eigenvalue weighted by molar-refractivity contribution is 9.10. The molecule has 2 atom stereocenters. The van der Waals surface area contributed by atoms with Gasteiger partial charge >= 0.3 is 0 Å². The second-order valence-electron chi connectivity index (χ2n) is 5.94. The van der Waals surface area contributed by atoms with E-state index in [1.807, 2.05) is 49.4 Å². The second kappa shape index (κ2) is 7.26. The Labute approximate surface area is 150 Å². The first-order valence-electron chi connectivity index (χ1n) is 7.93. The molecule has 4 nitrogen and oxygen atoms in total. The molecule has 1 N–H and O–H groups in total. The van der Waals surface area contributed by atoms with Gasteiger partial charge in [0.05, 0.1) is 23.5 Å². The number of hydrogen-bond donors (Lipinski definition) is 1. The Kier molecular flexibility index (Phi) is 5.09. The largest absolute Gasteiger partial charge is 0.496 e. The standard InChI is InChI=1S/C19H20BrNO3/c1-12(13-7-8-18(23-2)16(20)10-13)21-19(22)15-9-14-5-3-4-6-17(14)24-11-15/h3-8,10,12,15H,9,11H2,1-2H3,(H,21,22). The molecule has 1 amide bonds. The fourth-order valence-electron chi connectivity index (χ4n) is 2.86. The summed E-state index contributed by atoms with van der Waals surface area (Å²) in [4.78, 5) is 12.6. The maximum absolute atomic E-state index is 12.6. The highest BCUT2D eigenvalue weighted by atomic mass is 79.9. The summed E-state index contributed by atoms with van der Waals surface area (Å²) in [6.45, 7) is 2.39. The number of para-hydroxylation sites is 1. The fourth-order valence-corrected chi connectivity index (χ4v) is 3.42. The molecular formula is C19H20BrNO3. The number of amides is 1. The van der Waals surface area contributed by atoms with Crippen molar-refractivity contribution in [1.29, 1.82) is 0 Å². The Morgan fingerprint density at radius 1 is 1.33 bits per heavy atom. The third kappa shape index (κ3) is 3.56. The van der Waals surface area contributed by atoms with Crippen LogP contribution in [0.15, 0.2) is 46.9 Å². The number of carbonyl (C=O) groups excluding carboxylic acids is 1. The molecule has 2 aromatic rings. The molecule has 5 heteroatoms. The third-order valence-corrected chi connectivity index (χ3v) is 4.90. The van der Waals surface area contributed by atoms with Crippen LogP contribution in [-0.2, 0) is 11.2 Å². The molecule has 0 aliphatic carbocycles. The summed E-state index contributed by atoms with van der Waals surface area (Å²) < 4.78 is 11.8. The van der Waals surface area contributed by atoms with Crippen LogP contribution in [0.25, 0.3) is 0 Å². The molecule has 1 aliphatic rings. The number of carbonyl (C=O) groups is 1. The van der Waals surface area contributed by atoms with E-state index >= 15 is 0 Å². The van der Waals surface area contributed by atoms with Crippen LogP contribution in [0.1, 0.15) is 24.1 Å². The molecule has 3 rings (SSSR count). The molecule has 0 radical (unpaired) electrons. The van der Waals surface area contributed by atoms with Gasteiger partial charge < -0.3 is 14.8 Å². The van der Waals surface area contributed by atoms with Crippen molar-refractivity contribution in [3.63, 3.8) is 0 Å². The van der Waals surface area contributed by atoms with Crippen molar-refractivity contribution in [3.8, 4) is 11.5 Å². The van der Waals surface area contributed by atoms with Crippen molar-refractivity contribution in [2.45, 2.75) is 19.4 Å². The first-order valence-corrected chi connectivity index (χ1v) is 8.72. The molecule has 0 saturated carbocycles. The zero-order valence-electron chi connectivity index (χ0n) is 13.7. The van der Waals surface area contributed by atoms with Gasteiger partial charge in [0.25, 0.3) is 0 Å². The van der Waals surface area contributed by atoms with E-state index in [2.05, 4.69) is 21.2 Å². The third-order valence-electron chi connectivity index (χ3n) is 4.28. The molecule has 2 unspecified atom stereocenters. The van der Waals surface area contributed by atoms with E-state index in [-0.39, 0.29) is 17.9 Å². The number of benzene rings is 2. The number of nitrogens with one attached hydrogen (secondary N) is 1. The molecule has 0 aromatic heterocycles. The summed E-state index contributed by atoms with van der Waals surface area (Å²) >= 11 is 3.48. The van der Waals surface area contributed by atoms with E-state index in [0.717, 1.165) is 27.1 Å². The monoisotopic (exact) mass is 389 g/mol. The number of rotatable bonds is 4. The van der Waals surface area contributed by atoms with Gasteiger partial charge in [0.1, 0.15) is 18.1 Å². The van der Waals surface area contributed by atoms with Crippen molar-refractivity contribution in [1.82, 2.24) is 5.32 Å². The quantitative estimate of drug-likeness (QED) is 0.862. The van der Waals surface area contributed by atoms with Crippen LogP contribution in [0.2, 0.25) is 0 Å². The first-order chi connectivity index (χ1) is 11.6. The first kappa shape index (κ1) is 16.8. The van der Waals surface area contributed by atoms with Gasteiger partial charge in [0, 0.05) is 0 Å². The van der Waals surface area contributed by atoms with Crippen molar-refractivity contribution in [3.05, 3.63) is 58.1 Å². The lowest BCUT2D eigenvalue weighted by atomic mass is 9.95. The van der Waals surface area contributed by atoms with E-state index in [1.54, 1.807) is 7.11 Å². The van der Waals surface area contributed by atoms with E-state index in [0.29, 0.717) is 13.0 Å². The molecule has 1 aliphatic heterocycles. The van der Waals surface area contributed by atoms with Gasteiger partial charge in [-0.05, 0) is 58.6 Å². The number of fused-ring (bicyclic) bond motifs is 1. The number of ether oxygens (including phenoxy) is 2. The molecule has 0 saturated heterocycles. The van der Waals surface area contributed by atoms with Gasteiger partial charge in [-0.25, -0.2) is 0 Å². The Morgan fingerprint density at radius 3 is 2.88 bits per heavy atom. The fraction of sp³-hybridized carbons (Fsp3) is 0.316. The van der Waals surface area contributed by atoms with E-state index in [4.69, 9.17) is 9.47 Å². The average Bonchev–Trinajstić information content (AvgIpc) is 2.61. The zero-order valence-corrected chi connectivity index (χ0v) is 15.3. The Bertz CT molecular complexity index is 747. The summed E-state index contributed by atoms with van der Waals surface area (Å²) in [5, 5.41) is 3.08. The van der Waals surface area contributed by atoms with Gasteiger partial charge in [-0.2, -0.15) is 0 Å². The van der Waals surface area contributed by atoms with E-state index in [1.165, 1.54) is 0 Å². The highest BCUT2D eigenvalue weighted by Gasteiger charge is 2.26. The number of halogens is 1. The number of methoxy groups -OCH3 is 1. The zero-order chi connectivity index (χ0) is 17.1. The smallest absolute Gasteiger partial charge is 0.227 e. The van der Waals surface area contributed by atoms with Gasteiger partial charge in [-0.1, -0.05) is 24.3 Å². The lowest BCUT2D eigenvalue weighted by Crippen LogP contribution is -2.38. The van der Waals surface area contributed by atoms with Gasteiger partial charge in [-0.3, -0.25) is 4.79 Å². The van der Waals surface area contributed by atoms with Crippen LogP contribution in [0.3, 0.4) is 0 Å². The Hall–Kier alpha value is -2.01. The Morgan fingerprint density at radius 2 is 2.12 bits per heavy atom. The van der Waals surface area contributed by atoms with Crippen LogP contribution >= 0.6 is 15.9 Å². The van der Waals surface area contributed by atoms with Gasteiger partial charge in [-0.15, -0.1) is 0 Å². The van der Waals surface area contributed by atoms with E-state index < -0.39 is 0 Å². The molecular weight excluding hydrogens is 370 g/mol. The molecule has 0 bridgehead atoms. The second-order valence-corrected chi connectivity index (χ2v) is 6.80. The molecule has 2 aromatic carbocycles. The maximum atomic E-state index is 12.6. The van der Waals surface area contributed by atoms with Crippen molar-refractivity contribution in [2.24, 2.45) is 5.92 Å². The average molecular weight is 390 g/mol. The molecule has 0 fully saturated rings. The summed E-state index contributed by atoms with van der Waals surface area (Å²) in [5.74, 6) is 1.51. The van der Waals surface area contributed by atoms with Crippen LogP contribution in [0.5, 0.6) is 11.5 Å². The van der Waals surface area contributed by atoms with Crippen LogP contribution in [0, 0.1) is 5.92 Å². The summed E-state index contributed by atoms with van der Waals surface area (Å²) in [7, 11) is 1.63. The lowest BCUT2D eigenvalue weighted by Gasteiger charge is -2.26. The molecule has 126 valence electrons.